The van der Waals surface area contributed by atoms with Crippen LogP contribution in [0.5, 0.6) is 17.2 Å². The molecule has 38 heavy (non-hydrogen) atoms. The molecule has 0 bridgehead atoms. The van der Waals surface area contributed by atoms with Gasteiger partial charge in [0.1, 0.15) is 22.8 Å². The van der Waals surface area contributed by atoms with Gasteiger partial charge in [-0.05, 0) is 53.1 Å². The van der Waals surface area contributed by atoms with Gasteiger partial charge in [-0.2, -0.15) is 0 Å². The van der Waals surface area contributed by atoms with Crippen LogP contribution in [0, 0.1) is 0 Å². The number of carbonyl (C=O) groups is 2. The number of phenols is 1. The average molecular weight is 557 g/mol. The number of ether oxygens (including phenoxy) is 2. The monoisotopic (exact) mass is 556 g/mol. The first-order chi connectivity index (χ1) is 18.2. The molecular weight excluding hydrogens is 527 g/mol. The van der Waals surface area contributed by atoms with E-state index >= 15 is 0 Å². The maximum Gasteiger partial charge on any atom is 0.249 e. The Balaban J connectivity index is 1.79. The van der Waals surface area contributed by atoms with Crippen LogP contribution in [0.3, 0.4) is 0 Å². The SMILES string of the molecule is COc1ccc(CC2(Cc3ccc(OC)c(Cl)c3)C(=O)N(Cc3ccc(O)cc3)CCN2C(C)=O)cc1Cl. The zero-order chi connectivity index (χ0) is 27.4. The van der Waals surface area contributed by atoms with Gasteiger partial charge in [-0.3, -0.25) is 9.59 Å². The molecule has 200 valence electrons. The summed E-state index contributed by atoms with van der Waals surface area (Å²) in [4.78, 5) is 30.9. The number of amides is 2. The van der Waals surface area contributed by atoms with E-state index < -0.39 is 5.54 Å². The fourth-order valence-corrected chi connectivity index (χ4v) is 5.66. The lowest BCUT2D eigenvalue weighted by atomic mass is 9.80. The average Bonchev–Trinajstić information content (AvgIpc) is 2.88. The zero-order valence-electron chi connectivity index (χ0n) is 21.5. The summed E-state index contributed by atoms with van der Waals surface area (Å²) in [5, 5.41) is 10.5. The Bertz CT molecular complexity index is 1270. The van der Waals surface area contributed by atoms with Gasteiger partial charge in [0, 0.05) is 39.4 Å². The maximum atomic E-state index is 14.4. The van der Waals surface area contributed by atoms with E-state index in [0.717, 1.165) is 16.7 Å². The lowest BCUT2D eigenvalue weighted by Gasteiger charge is -2.50. The molecule has 0 aromatic heterocycles. The highest BCUT2D eigenvalue weighted by Gasteiger charge is 2.50. The summed E-state index contributed by atoms with van der Waals surface area (Å²) in [6, 6.07) is 17.5. The van der Waals surface area contributed by atoms with Crippen molar-refractivity contribution >= 4 is 35.0 Å². The molecule has 4 rings (SSSR count). The van der Waals surface area contributed by atoms with Crippen molar-refractivity contribution in [1.29, 1.82) is 0 Å². The Morgan fingerprint density at radius 1 is 0.868 bits per heavy atom. The highest BCUT2D eigenvalue weighted by molar-refractivity contribution is 6.32. The van der Waals surface area contributed by atoms with Gasteiger partial charge in [0.25, 0.3) is 0 Å². The Kier molecular flexibility index (Phi) is 8.38. The number of phenolic OH excluding ortho intramolecular Hbond substituents is 1. The molecule has 0 atom stereocenters. The quantitative estimate of drug-likeness (QED) is 0.416. The van der Waals surface area contributed by atoms with Crippen molar-refractivity contribution in [3.8, 4) is 17.2 Å². The maximum absolute atomic E-state index is 14.4. The van der Waals surface area contributed by atoms with Crippen molar-refractivity contribution < 1.29 is 24.2 Å². The predicted octanol–water partition coefficient (Wildman–Crippen LogP) is 5.13. The number of hydrogen-bond acceptors (Lipinski definition) is 5. The summed E-state index contributed by atoms with van der Waals surface area (Å²) in [5.41, 5.74) is 1.24. The molecule has 1 saturated heterocycles. The van der Waals surface area contributed by atoms with Gasteiger partial charge in [-0.15, -0.1) is 0 Å². The molecule has 9 heteroatoms. The van der Waals surface area contributed by atoms with Crippen LogP contribution in [-0.2, 0) is 29.0 Å². The molecule has 1 aliphatic rings. The number of carbonyl (C=O) groups excluding carboxylic acids is 2. The lowest BCUT2D eigenvalue weighted by Crippen LogP contribution is -2.68. The number of halogens is 2. The summed E-state index contributed by atoms with van der Waals surface area (Å²) in [7, 11) is 3.08. The minimum absolute atomic E-state index is 0.156. The van der Waals surface area contributed by atoms with Crippen LogP contribution in [0.25, 0.3) is 0 Å². The van der Waals surface area contributed by atoms with Gasteiger partial charge < -0.3 is 24.4 Å². The first-order valence-corrected chi connectivity index (χ1v) is 12.9. The number of hydrogen-bond donors (Lipinski definition) is 1. The molecule has 3 aromatic rings. The Hall–Kier alpha value is -3.42. The van der Waals surface area contributed by atoms with Crippen molar-refractivity contribution in [1.82, 2.24) is 9.80 Å². The number of aromatic hydroxyl groups is 1. The van der Waals surface area contributed by atoms with Crippen LogP contribution in [0.4, 0.5) is 0 Å². The van der Waals surface area contributed by atoms with Gasteiger partial charge >= 0.3 is 0 Å². The molecule has 2 amide bonds. The first kappa shape index (κ1) is 27.6. The molecule has 0 aliphatic carbocycles. The summed E-state index contributed by atoms with van der Waals surface area (Å²) >= 11 is 12.9. The van der Waals surface area contributed by atoms with E-state index in [0.29, 0.717) is 41.2 Å². The molecule has 0 radical (unpaired) electrons. The van der Waals surface area contributed by atoms with Crippen LogP contribution < -0.4 is 9.47 Å². The van der Waals surface area contributed by atoms with E-state index in [1.54, 1.807) is 72.6 Å². The minimum Gasteiger partial charge on any atom is -0.508 e. The summed E-state index contributed by atoms with van der Waals surface area (Å²) < 4.78 is 10.6. The first-order valence-electron chi connectivity index (χ1n) is 12.2. The van der Waals surface area contributed by atoms with Crippen molar-refractivity contribution in [3.05, 3.63) is 87.4 Å². The second-order valence-corrected chi connectivity index (χ2v) is 10.2. The van der Waals surface area contributed by atoms with Crippen LogP contribution in [0.2, 0.25) is 10.0 Å². The minimum atomic E-state index is -1.23. The van der Waals surface area contributed by atoms with Crippen molar-refractivity contribution in [2.24, 2.45) is 0 Å². The fraction of sp³-hybridized carbons (Fsp3) is 0.310. The van der Waals surface area contributed by atoms with E-state index in [1.807, 2.05) is 12.1 Å². The second-order valence-electron chi connectivity index (χ2n) is 9.39. The molecule has 1 heterocycles. The number of nitrogens with zero attached hydrogens (tertiary/aromatic N) is 2. The smallest absolute Gasteiger partial charge is 0.249 e. The van der Waals surface area contributed by atoms with Crippen molar-refractivity contribution in [2.45, 2.75) is 31.8 Å². The van der Waals surface area contributed by atoms with E-state index in [2.05, 4.69) is 0 Å². The molecule has 3 aromatic carbocycles. The summed E-state index contributed by atoms with van der Waals surface area (Å²) in [6.45, 7) is 2.58. The predicted molar refractivity (Wildman–Crippen MR) is 147 cm³/mol. The Labute approximate surface area is 232 Å². The van der Waals surface area contributed by atoms with Gasteiger partial charge in [0.05, 0.1) is 24.3 Å². The molecule has 0 saturated carbocycles. The third-order valence-corrected chi connectivity index (χ3v) is 7.50. The fourth-order valence-electron chi connectivity index (χ4n) is 5.10. The van der Waals surface area contributed by atoms with E-state index in [1.165, 1.54) is 6.92 Å². The molecule has 0 unspecified atom stereocenters. The molecular formula is C29H30Cl2N2O5. The zero-order valence-corrected chi connectivity index (χ0v) is 23.1. The third-order valence-electron chi connectivity index (χ3n) is 6.91. The van der Waals surface area contributed by atoms with Gasteiger partial charge in [0.15, 0.2) is 0 Å². The standard InChI is InChI=1S/C29H30Cl2N2O5/c1-19(34)33-13-12-32(18-20-4-8-23(35)9-5-20)28(36)29(33,16-21-6-10-26(37-2)24(30)14-21)17-22-7-11-27(38-3)25(31)15-22/h4-11,14-15,35H,12-13,16-18H2,1-3H3. The molecule has 1 N–H and O–H groups in total. The molecule has 1 fully saturated rings. The van der Waals surface area contributed by atoms with Gasteiger partial charge in [0.2, 0.25) is 11.8 Å². The second kappa shape index (κ2) is 11.5. The molecule has 0 spiro atoms. The summed E-state index contributed by atoms with van der Waals surface area (Å²) in [6.07, 6.45) is 0.482. The lowest BCUT2D eigenvalue weighted by molar-refractivity contribution is -0.161. The highest BCUT2D eigenvalue weighted by atomic mass is 35.5. The largest absolute Gasteiger partial charge is 0.508 e. The van der Waals surface area contributed by atoms with E-state index in [-0.39, 0.29) is 30.4 Å². The van der Waals surface area contributed by atoms with Gasteiger partial charge in [-0.25, -0.2) is 0 Å². The van der Waals surface area contributed by atoms with Crippen LogP contribution >= 0.6 is 23.2 Å². The highest BCUT2D eigenvalue weighted by Crippen LogP contribution is 2.36. The van der Waals surface area contributed by atoms with Gasteiger partial charge in [-0.1, -0.05) is 47.5 Å². The van der Waals surface area contributed by atoms with Crippen molar-refractivity contribution in [3.63, 3.8) is 0 Å². The van der Waals surface area contributed by atoms with Crippen LogP contribution in [0.15, 0.2) is 60.7 Å². The molecule has 7 nitrogen and oxygen atoms in total. The number of rotatable bonds is 8. The normalized spacial score (nSPS) is 14.9. The van der Waals surface area contributed by atoms with E-state index in [4.69, 9.17) is 32.7 Å². The number of piperazine rings is 1. The number of methoxy groups -OCH3 is 2. The van der Waals surface area contributed by atoms with E-state index in [9.17, 15) is 14.7 Å². The summed E-state index contributed by atoms with van der Waals surface area (Å²) in [5.74, 6) is 0.842. The number of benzene rings is 3. The topological polar surface area (TPSA) is 79.3 Å². The Morgan fingerprint density at radius 2 is 1.37 bits per heavy atom. The Morgan fingerprint density at radius 3 is 1.82 bits per heavy atom. The van der Waals surface area contributed by atoms with Crippen LogP contribution in [-0.4, -0.2) is 59.6 Å². The molecule has 1 aliphatic heterocycles. The van der Waals surface area contributed by atoms with Crippen LogP contribution in [0.1, 0.15) is 23.6 Å². The third kappa shape index (κ3) is 5.69. The van der Waals surface area contributed by atoms with Crippen molar-refractivity contribution in [2.75, 3.05) is 27.3 Å².